The molecule has 0 unspecified atom stereocenters. The van der Waals surface area contributed by atoms with Crippen LogP contribution in [0.1, 0.15) is 50.8 Å². The molecule has 1 aliphatic rings. The zero-order valence-electron chi connectivity index (χ0n) is 18.0. The Morgan fingerprint density at radius 2 is 2.16 bits per heavy atom. The molecule has 1 amide bonds. The minimum Gasteiger partial charge on any atom is -0.398 e. The highest BCUT2D eigenvalue weighted by atomic mass is 35.5. The largest absolute Gasteiger partial charge is 0.398 e. The maximum absolute atomic E-state index is 11.5. The number of anilines is 4. The van der Waals surface area contributed by atoms with Gasteiger partial charge in [0.1, 0.15) is 11.9 Å². The second-order valence-electron chi connectivity index (χ2n) is 7.67. The number of hydrogen-bond acceptors (Lipinski definition) is 7. The summed E-state index contributed by atoms with van der Waals surface area (Å²) in [5, 5.41) is 15.5. The van der Waals surface area contributed by atoms with Crippen molar-refractivity contribution in [3.63, 3.8) is 0 Å². The van der Waals surface area contributed by atoms with Crippen molar-refractivity contribution in [2.45, 2.75) is 52.0 Å². The number of aryl methyl sites for hydroxylation is 1. The molecule has 0 radical (unpaired) electrons. The quantitative estimate of drug-likeness (QED) is 0.559. The minimum absolute atomic E-state index is 0. The Hall–Kier alpha value is -3.05. The number of unbranched alkanes of at least 4 members (excludes halogenated alkanes) is 1. The Bertz CT molecular complexity index is 944. The number of nitrogens with two attached hydrogens (primary N) is 1. The van der Waals surface area contributed by atoms with E-state index in [1.165, 1.54) is 0 Å². The molecule has 1 fully saturated rings. The van der Waals surface area contributed by atoms with Crippen LogP contribution in [0.15, 0.2) is 24.3 Å². The van der Waals surface area contributed by atoms with E-state index in [-0.39, 0.29) is 24.4 Å². The Labute approximate surface area is 189 Å². The highest BCUT2D eigenvalue weighted by Gasteiger charge is 2.22. The topological polar surface area (TPSA) is 120 Å². The van der Waals surface area contributed by atoms with E-state index in [1.54, 1.807) is 19.1 Å². The van der Waals surface area contributed by atoms with E-state index in [0.29, 0.717) is 22.9 Å². The lowest BCUT2D eigenvalue weighted by molar-refractivity contribution is -0.119. The molecule has 3 rings (SSSR count). The third-order valence-corrected chi connectivity index (χ3v) is 5.13. The molecule has 1 aromatic carbocycles. The van der Waals surface area contributed by atoms with Crippen molar-refractivity contribution in [2.24, 2.45) is 0 Å². The van der Waals surface area contributed by atoms with Gasteiger partial charge >= 0.3 is 0 Å². The van der Waals surface area contributed by atoms with Gasteiger partial charge in [-0.2, -0.15) is 10.2 Å². The Kier molecular flexibility index (Phi) is 8.88. The van der Waals surface area contributed by atoms with E-state index in [2.05, 4.69) is 33.5 Å². The van der Waals surface area contributed by atoms with Crippen molar-refractivity contribution >= 4 is 41.5 Å². The van der Waals surface area contributed by atoms with Crippen molar-refractivity contribution in [1.82, 2.24) is 15.3 Å². The highest BCUT2D eigenvalue weighted by molar-refractivity contribution is 5.85. The molecule has 2 aromatic rings. The molecule has 4 N–H and O–H groups in total. The molecule has 9 heteroatoms. The fourth-order valence-corrected chi connectivity index (χ4v) is 3.64. The molecule has 2 heterocycles. The zero-order chi connectivity index (χ0) is 21.5. The lowest BCUT2D eigenvalue weighted by Gasteiger charge is -2.34. The summed E-state index contributed by atoms with van der Waals surface area (Å²) in [5.74, 6) is 1.34. The lowest BCUT2D eigenvalue weighted by atomic mass is 10.1. The average molecular weight is 444 g/mol. The van der Waals surface area contributed by atoms with Crippen molar-refractivity contribution in [3.8, 4) is 6.07 Å². The van der Waals surface area contributed by atoms with Crippen LogP contribution in [0.5, 0.6) is 0 Å². The van der Waals surface area contributed by atoms with E-state index >= 15 is 0 Å². The number of carbonyl (C=O) groups excluding carboxylic acids is 1. The van der Waals surface area contributed by atoms with Gasteiger partial charge in [-0.05, 0) is 43.9 Å². The number of nitrogens with one attached hydrogen (secondary N) is 2. The van der Waals surface area contributed by atoms with E-state index in [4.69, 9.17) is 10.7 Å². The van der Waals surface area contributed by atoms with Gasteiger partial charge in [0.15, 0.2) is 0 Å². The summed E-state index contributed by atoms with van der Waals surface area (Å²) in [4.78, 5) is 23.1. The number of benzene rings is 1. The molecule has 0 spiro atoms. The number of aromatic nitrogens is 2. The number of amides is 1. The molecule has 166 valence electrons. The first kappa shape index (κ1) is 24.2. The summed E-state index contributed by atoms with van der Waals surface area (Å²) in [6.07, 6.45) is 4.96. The van der Waals surface area contributed by atoms with Crippen molar-refractivity contribution < 1.29 is 4.79 Å². The molecular formula is C22H30ClN7O. The fraction of sp³-hybridized carbons (Fsp3) is 0.455. The van der Waals surface area contributed by atoms with Crippen LogP contribution in [0, 0.1) is 11.3 Å². The maximum Gasteiger partial charge on any atom is 0.229 e. The van der Waals surface area contributed by atoms with E-state index in [9.17, 15) is 10.1 Å². The first-order chi connectivity index (χ1) is 14.5. The van der Waals surface area contributed by atoms with Gasteiger partial charge in [-0.3, -0.25) is 4.79 Å². The van der Waals surface area contributed by atoms with Crippen molar-refractivity contribution in [3.05, 3.63) is 35.5 Å². The van der Waals surface area contributed by atoms with Crippen LogP contribution >= 0.6 is 12.4 Å². The van der Waals surface area contributed by atoms with Gasteiger partial charge in [0.25, 0.3) is 0 Å². The minimum atomic E-state index is -0.00724. The standard InChI is InChI=1S/C22H29N7O.ClH/c1-3-4-6-17-12-21(29-10-5-7-19(14-29)25-15(2)30)28-22(26-17)27-18-8-9-20(24)16(11-18)13-23;/h8-9,11-12,19H,3-7,10,14,24H2,1-2H3,(H,25,30)(H,26,27,28);1H/t19-;/m1./s1. The predicted molar refractivity (Wildman–Crippen MR) is 126 cm³/mol. The molecule has 1 saturated heterocycles. The second-order valence-corrected chi connectivity index (χ2v) is 7.67. The van der Waals surface area contributed by atoms with Crippen molar-refractivity contribution in [2.75, 3.05) is 29.0 Å². The van der Waals surface area contributed by atoms with Crippen molar-refractivity contribution in [1.29, 1.82) is 5.26 Å². The van der Waals surface area contributed by atoms with Gasteiger partial charge in [-0.15, -0.1) is 12.4 Å². The number of nitriles is 1. The normalized spacial score (nSPS) is 15.5. The Morgan fingerprint density at radius 3 is 2.87 bits per heavy atom. The number of piperidine rings is 1. The van der Waals surface area contributed by atoms with Crippen LogP contribution in [0.25, 0.3) is 0 Å². The monoisotopic (exact) mass is 443 g/mol. The lowest BCUT2D eigenvalue weighted by Crippen LogP contribution is -2.47. The van der Waals surface area contributed by atoms with Gasteiger partial charge in [-0.1, -0.05) is 13.3 Å². The molecule has 0 aliphatic carbocycles. The smallest absolute Gasteiger partial charge is 0.229 e. The third kappa shape index (κ3) is 6.72. The summed E-state index contributed by atoms with van der Waals surface area (Å²) in [6.45, 7) is 5.32. The Balaban J connectivity index is 0.00000341. The molecule has 1 aliphatic heterocycles. The highest BCUT2D eigenvalue weighted by Crippen LogP contribution is 2.24. The van der Waals surface area contributed by atoms with Gasteiger partial charge in [0, 0.05) is 49.2 Å². The second kappa shape index (κ2) is 11.4. The fourth-order valence-electron chi connectivity index (χ4n) is 3.64. The molecule has 1 aromatic heterocycles. The van der Waals surface area contributed by atoms with Crippen LogP contribution in [0.4, 0.5) is 23.1 Å². The average Bonchev–Trinajstić information content (AvgIpc) is 2.73. The van der Waals surface area contributed by atoms with Gasteiger partial charge < -0.3 is 21.3 Å². The summed E-state index contributed by atoms with van der Waals surface area (Å²) in [6, 6.07) is 9.47. The molecule has 0 bridgehead atoms. The van der Waals surface area contributed by atoms with Crippen LogP contribution in [0.3, 0.4) is 0 Å². The van der Waals surface area contributed by atoms with Gasteiger partial charge in [-0.25, -0.2) is 4.98 Å². The summed E-state index contributed by atoms with van der Waals surface area (Å²) >= 11 is 0. The molecular weight excluding hydrogens is 414 g/mol. The number of carbonyl (C=O) groups is 1. The summed E-state index contributed by atoms with van der Waals surface area (Å²) < 4.78 is 0. The third-order valence-electron chi connectivity index (χ3n) is 5.13. The summed E-state index contributed by atoms with van der Waals surface area (Å²) in [7, 11) is 0. The first-order valence-electron chi connectivity index (χ1n) is 10.4. The first-order valence-corrected chi connectivity index (χ1v) is 10.4. The summed E-state index contributed by atoms with van der Waals surface area (Å²) in [5.41, 5.74) is 8.37. The number of nitrogen functional groups attached to an aromatic ring is 1. The molecule has 0 saturated carbocycles. The van der Waals surface area contributed by atoms with Crippen LogP contribution in [-0.4, -0.2) is 35.0 Å². The SMILES string of the molecule is CCCCc1cc(N2CCC[C@@H](NC(C)=O)C2)nc(Nc2ccc(N)c(C#N)c2)n1.Cl. The number of halogens is 1. The van der Waals surface area contributed by atoms with Gasteiger partial charge in [0.2, 0.25) is 11.9 Å². The maximum atomic E-state index is 11.5. The molecule has 8 nitrogen and oxygen atoms in total. The zero-order valence-corrected chi connectivity index (χ0v) is 18.8. The predicted octanol–water partition coefficient (Wildman–Crippen LogP) is 3.54. The van der Waals surface area contributed by atoms with Gasteiger partial charge in [0.05, 0.1) is 5.56 Å². The van der Waals surface area contributed by atoms with Crippen LogP contribution in [0.2, 0.25) is 0 Å². The number of rotatable bonds is 7. The van der Waals surface area contributed by atoms with E-state index in [1.807, 2.05) is 12.1 Å². The molecule has 1 atom stereocenters. The Morgan fingerprint density at radius 1 is 1.35 bits per heavy atom. The van der Waals surface area contributed by atoms with Crippen LogP contribution in [-0.2, 0) is 11.2 Å². The molecule has 31 heavy (non-hydrogen) atoms. The number of nitrogens with zero attached hydrogens (tertiary/aromatic N) is 4. The number of hydrogen-bond donors (Lipinski definition) is 3. The van der Waals surface area contributed by atoms with Crippen LogP contribution < -0.4 is 21.3 Å². The van der Waals surface area contributed by atoms with E-state index in [0.717, 1.165) is 56.7 Å². The van der Waals surface area contributed by atoms with E-state index < -0.39 is 0 Å².